The van der Waals surface area contributed by atoms with E-state index < -0.39 is 10.9 Å². The van der Waals surface area contributed by atoms with Crippen LogP contribution in [0.5, 0.6) is 0 Å². The molecule has 1 aromatic heterocycles. The monoisotopic (exact) mass is 249 g/mol. The summed E-state index contributed by atoms with van der Waals surface area (Å²) < 4.78 is 14.2. The number of rotatable bonds is 3. The zero-order valence-electron chi connectivity index (χ0n) is 9.28. The normalized spacial score (nSPS) is 10.3. The first kappa shape index (κ1) is 11.9. The summed E-state index contributed by atoms with van der Waals surface area (Å²) in [5.74, 6) is -0.319. The Bertz CT molecular complexity index is 586. The number of aromatic nitrogens is 2. The van der Waals surface area contributed by atoms with Crippen LogP contribution in [0.4, 0.5) is 15.9 Å². The summed E-state index contributed by atoms with van der Waals surface area (Å²) in [7, 11) is 0. The highest BCUT2D eigenvalue weighted by Crippen LogP contribution is 2.11. The van der Waals surface area contributed by atoms with Crippen molar-refractivity contribution in [2.45, 2.75) is 6.54 Å². The predicted molar refractivity (Wildman–Crippen MR) is 61.0 cm³/mol. The first-order valence-corrected chi connectivity index (χ1v) is 5.12. The van der Waals surface area contributed by atoms with Crippen LogP contribution in [-0.4, -0.2) is 10.0 Å². The fraction of sp³-hybridized carbons (Fsp3) is 0.0909. The number of hydrogen-bond donors (Lipinski definition) is 1. The van der Waals surface area contributed by atoms with E-state index in [1.807, 2.05) is 0 Å². The highest BCUT2D eigenvalue weighted by atomic mass is 19.1. The van der Waals surface area contributed by atoms with Crippen LogP contribution in [0.3, 0.4) is 0 Å². The topological polar surface area (TPSA) is 85.9 Å². The maximum absolute atomic E-state index is 12.9. The minimum atomic E-state index is -0.633. The first-order valence-electron chi connectivity index (χ1n) is 5.12. The van der Waals surface area contributed by atoms with Gasteiger partial charge in [0.2, 0.25) is 0 Å². The van der Waals surface area contributed by atoms with Gasteiger partial charge in [-0.2, -0.15) is 4.39 Å². The Kier molecular flexibility index (Phi) is 3.13. The number of nitro benzene ring substituents is 1. The van der Waals surface area contributed by atoms with E-state index in [-0.39, 0.29) is 12.2 Å². The summed E-state index contributed by atoms with van der Waals surface area (Å²) in [5, 5.41) is 14.1. The molecule has 0 radical (unpaired) electrons. The number of nitrogens with two attached hydrogens (primary N) is 1. The number of nitro groups is 1. The van der Waals surface area contributed by atoms with Gasteiger partial charge < -0.3 is 0 Å². The van der Waals surface area contributed by atoms with Gasteiger partial charge in [-0.3, -0.25) is 15.8 Å². The molecule has 0 bridgehead atoms. The van der Waals surface area contributed by atoms with Gasteiger partial charge in [-0.15, -0.1) is 4.68 Å². The summed E-state index contributed by atoms with van der Waals surface area (Å²) in [6.45, 7) is 0.252. The molecule has 0 saturated carbocycles. The third-order valence-electron chi connectivity index (χ3n) is 2.39. The average Bonchev–Trinajstić information content (AvgIpc) is 2.34. The van der Waals surface area contributed by atoms with Crippen LogP contribution in [0, 0.1) is 16.1 Å². The van der Waals surface area contributed by atoms with E-state index in [1.165, 1.54) is 28.9 Å². The van der Waals surface area contributed by atoms with Crippen LogP contribution in [0.1, 0.15) is 5.56 Å². The zero-order chi connectivity index (χ0) is 13.1. The lowest BCUT2D eigenvalue weighted by molar-refractivity contribution is -0.735. The molecule has 0 aliphatic rings. The smallest absolute Gasteiger partial charge is 0.285 e. The SMILES string of the molecule is Nc1ccc(F)n[n+]1Cc1ccc([N+](=O)[O-])cc1. The summed E-state index contributed by atoms with van der Waals surface area (Å²) in [5.41, 5.74) is 6.39. The van der Waals surface area contributed by atoms with E-state index in [1.54, 1.807) is 12.1 Å². The molecule has 1 aromatic carbocycles. The van der Waals surface area contributed by atoms with Gasteiger partial charge in [0.25, 0.3) is 17.5 Å². The largest absolute Gasteiger partial charge is 0.293 e. The number of anilines is 1. The first-order chi connectivity index (χ1) is 8.56. The Morgan fingerprint density at radius 2 is 1.94 bits per heavy atom. The molecule has 2 aromatic rings. The molecule has 0 aliphatic heterocycles. The van der Waals surface area contributed by atoms with Gasteiger partial charge >= 0.3 is 0 Å². The molecule has 0 fully saturated rings. The van der Waals surface area contributed by atoms with Gasteiger partial charge in [0, 0.05) is 24.3 Å². The standard InChI is InChI=1S/C11H9FN4O2/c12-10-5-6-11(13)15(14-10)7-8-1-3-9(4-2-8)16(17)18/h1-6,13H,7H2/p+1. The summed E-state index contributed by atoms with van der Waals surface area (Å²) in [6, 6.07) is 8.50. The number of non-ortho nitro benzene ring substituents is 1. The van der Waals surface area contributed by atoms with Crippen LogP contribution < -0.4 is 10.4 Å². The Morgan fingerprint density at radius 1 is 1.28 bits per heavy atom. The maximum atomic E-state index is 12.9. The van der Waals surface area contributed by atoms with Gasteiger partial charge in [-0.25, -0.2) is 0 Å². The van der Waals surface area contributed by atoms with E-state index in [0.29, 0.717) is 5.82 Å². The van der Waals surface area contributed by atoms with Gasteiger partial charge in [0.1, 0.15) is 6.54 Å². The Morgan fingerprint density at radius 3 is 2.56 bits per heavy atom. The highest BCUT2D eigenvalue weighted by Gasteiger charge is 2.10. The van der Waals surface area contributed by atoms with Crippen LogP contribution >= 0.6 is 0 Å². The van der Waals surface area contributed by atoms with E-state index in [2.05, 4.69) is 5.10 Å². The third-order valence-corrected chi connectivity index (χ3v) is 2.39. The molecule has 92 valence electrons. The van der Waals surface area contributed by atoms with Crippen molar-refractivity contribution < 1.29 is 14.0 Å². The molecule has 1 heterocycles. The van der Waals surface area contributed by atoms with Crippen molar-refractivity contribution in [3.63, 3.8) is 0 Å². The van der Waals surface area contributed by atoms with Crippen molar-refractivity contribution >= 4 is 11.5 Å². The van der Waals surface area contributed by atoms with E-state index in [0.717, 1.165) is 5.56 Å². The van der Waals surface area contributed by atoms with Crippen LogP contribution in [-0.2, 0) is 6.54 Å². The molecule has 0 atom stereocenters. The molecule has 0 unspecified atom stereocenters. The fourth-order valence-electron chi connectivity index (χ4n) is 1.47. The third kappa shape index (κ3) is 2.57. The fourth-order valence-corrected chi connectivity index (χ4v) is 1.47. The van der Waals surface area contributed by atoms with Gasteiger partial charge in [-0.05, 0) is 17.7 Å². The second kappa shape index (κ2) is 4.74. The van der Waals surface area contributed by atoms with E-state index in [9.17, 15) is 14.5 Å². The number of halogens is 1. The molecular weight excluding hydrogens is 239 g/mol. The van der Waals surface area contributed by atoms with Crippen molar-refractivity contribution in [2.24, 2.45) is 0 Å². The number of nitrogens with zero attached hydrogens (tertiary/aromatic N) is 3. The molecule has 2 N–H and O–H groups in total. The lowest BCUT2D eigenvalue weighted by atomic mass is 10.2. The Balaban J connectivity index is 2.23. The minimum absolute atomic E-state index is 0.00363. The van der Waals surface area contributed by atoms with Gasteiger partial charge in [0.05, 0.1) is 4.92 Å². The molecular formula is C11H10FN4O2+. The summed E-state index contributed by atoms with van der Waals surface area (Å²) in [6.07, 6.45) is 0. The minimum Gasteiger partial charge on any atom is -0.285 e. The molecule has 18 heavy (non-hydrogen) atoms. The Hall–Kier alpha value is -2.57. The molecule has 6 nitrogen and oxygen atoms in total. The lowest BCUT2D eigenvalue weighted by Gasteiger charge is -2.01. The highest BCUT2D eigenvalue weighted by molar-refractivity contribution is 5.32. The second-order valence-electron chi connectivity index (χ2n) is 3.66. The molecule has 0 spiro atoms. The second-order valence-corrected chi connectivity index (χ2v) is 3.66. The molecule has 7 heteroatoms. The molecule has 0 saturated heterocycles. The molecule has 2 rings (SSSR count). The van der Waals surface area contributed by atoms with Crippen molar-refractivity contribution in [1.82, 2.24) is 5.10 Å². The number of nitrogen functional groups attached to an aromatic ring is 1. The number of hydrogen-bond acceptors (Lipinski definition) is 4. The predicted octanol–water partition coefficient (Wildman–Crippen LogP) is 1.05. The molecule has 0 aliphatic carbocycles. The summed E-state index contributed by atoms with van der Waals surface area (Å²) in [4.78, 5) is 10.0. The zero-order valence-corrected chi connectivity index (χ0v) is 9.28. The summed E-state index contributed by atoms with van der Waals surface area (Å²) >= 11 is 0. The number of benzene rings is 1. The van der Waals surface area contributed by atoms with Crippen LogP contribution in [0.2, 0.25) is 0 Å². The van der Waals surface area contributed by atoms with Gasteiger partial charge in [-0.1, -0.05) is 5.10 Å². The van der Waals surface area contributed by atoms with E-state index >= 15 is 0 Å². The lowest BCUT2D eigenvalue weighted by Crippen LogP contribution is -2.42. The Labute approximate surface area is 102 Å². The quantitative estimate of drug-likeness (QED) is 0.500. The van der Waals surface area contributed by atoms with Crippen molar-refractivity contribution in [3.05, 3.63) is 58.0 Å². The molecule has 0 amide bonds. The van der Waals surface area contributed by atoms with E-state index in [4.69, 9.17) is 5.73 Å². The van der Waals surface area contributed by atoms with Crippen molar-refractivity contribution in [2.75, 3.05) is 5.73 Å². The van der Waals surface area contributed by atoms with Crippen molar-refractivity contribution in [3.8, 4) is 0 Å². The average molecular weight is 249 g/mol. The maximum Gasteiger partial charge on any atom is 0.293 e. The van der Waals surface area contributed by atoms with Crippen LogP contribution in [0.15, 0.2) is 36.4 Å². The van der Waals surface area contributed by atoms with Gasteiger partial charge in [0.15, 0.2) is 0 Å². The van der Waals surface area contributed by atoms with Crippen LogP contribution in [0.25, 0.3) is 0 Å². The van der Waals surface area contributed by atoms with Crippen molar-refractivity contribution in [1.29, 1.82) is 0 Å².